The van der Waals surface area contributed by atoms with Crippen LogP contribution in [0.4, 0.5) is 10.5 Å². The van der Waals surface area contributed by atoms with E-state index in [1.54, 1.807) is 31.3 Å². The standard InChI is InChI=1S/C12H18N2O3/c1-3-17-11-6-4-10(5-7-11)13-12(16)14(2)8-9-15/h4-7,15H,3,8-9H2,1-2H3,(H,13,16). The van der Waals surface area contributed by atoms with E-state index in [1.807, 2.05) is 6.92 Å². The number of nitrogens with zero attached hydrogens (tertiary/aromatic N) is 1. The van der Waals surface area contributed by atoms with E-state index < -0.39 is 0 Å². The Morgan fingerprint density at radius 2 is 2.06 bits per heavy atom. The second-order valence-corrected chi connectivity index (χ2v) is 3.53. The predicted molar refractivity (Wildman–Crippen MR) is 66.3 cm³/mol. The molecule has 0 fully saturated rings. The monoisotopic (exact) mass is 238 g/mol. The van der Waals surface area contributed by atoms with Crippen LogP contribution in [0.15, 0.2) is 24.3 Å². The van der Waals surface area contributed by atoms with Gasteiger partial charge in [0.25, 0.3) is 0 Å². The molecule has 0 aliphatic heterocycles. The van der Waals surface area contributed by atoms with Crippen LogP contribution in [0.3, 0.4) is 0 Å². The number of aliphatic hydroxyl groups is 1. The number of ether oxygens (including phenoxy) is 1. The first kappa shape index (κ1) is 13.3. The molecule has 5 heteroatoms. The number of likely N-dealkylation sites (N-methyl/N-ethyl adjacent to an activating group) is 1. The molecule has 1 aromatic rings. The molecular formula is C12H18N2O3. The maximum Gasteiger partial charge on any atom is 0.321 e. The third kappa shape index (κ3) is 4.32. The Balaban J connectivity index is 2.53. The van der Waals surface area contributed by atoms with Gasteiger partial charge in [0.2, 0.25) is 0 Å². The molecule has 0 heterocycles. The Labute approximate surface area is 101 Å². The Morgan fingerprint density at radius 1 is 1.41 bits per heavy atom. The second-order valence-electron chi connectivity index (χ2n) is 3.53. The predicted octanol–water partition coefficient (Wildman–Crippen LogP) is 1.54. The van der Waals surface area contributed by atoms with E-state index in [1.165, 1.54) is 4.90 Å². The van der Waals surface area contributed by atoms with E-state index in [9.17, 15) is 4.79 Å². The van der Waals surface area contributed by atoms with Crippen LogP contribution in [-0.2, 0) is 0 Å². The molecule has 17 heavy (non-hydrogen) atoms. The number of aliphatic hydroxyl groups excluding tert-OH is 1. The number of hydrogen-bond donors (Lipinski definition) is 2. The quantitative estimate of drug-likeness (QED) is 0.818. The van der Waals surface area contributed by atoms with Gasteiger partial charge in [0.05, 0.1) is 13.2 Å². The zero-order valence-electron chi connectivity index (χ0n) is 10.1. The topological polar surface area (TPSA) is 61.8 Å². The van der Waals surface area contributed by atoms with Gasteiger partial charge in [0.1, 0.15) is 5.75 Å². The fourth-order valence-electron chi connectivity index (χ4n) is 1.27. The van der Waals surface area contributed by atoms with Crippen LogP contribution >= 0.6 is 0 Å². The highest BCUT2D eigenvalue weighted by Gasteiger charge is 2.07. The highest BCUT2D eigenvalue weighted by molar-refractivity contribution is 5.89. The molecule has 0 aromatic heterocycles. The maximum atomic E-state index is 11.6. The molecule has 0 spiro atoms. The Kier molecular flexibility index (Phi) is 5.29. The number of anilines is 1. The van der Waals surface area contributed by atoms with E-state index in [0.29, 0.717) is 18.8 Å². The number of rotatable bonds is 5. The van der Waals surface area contributed by atoms with Gasteiger partial charge in [0, 0.05) is 19.3 Å². The fourth-order valence-corrected chi connectivity index (χ4v) is 1.27. The van der Waals surface area contributed by atoms with Crippen LogP contribution < -0.4 is 10.1 Å². The van der Waals surface area contributed by atoms with Crippen molar-refractivity contribution in [2.45, 2.75) is 6.92 Å². The Hall–Kier alpha value is -1.75. The highest BCUT2D eigenvalue weighted by atomic mass is 16.5. The highest BCUT2D eigenvalue weighted by Crippen LogP contribution is 2.15. The van der Waals surface area contributed by atoms with Gasteiger partial charge in [-0.15, -0.1) is 0 Å². The number of urea groups is 1. The molecule has 0 atom stereocenters. The van der Waals surface area contributed by atoms with Crippen LogP contribution in [0.25, 0.3) is 0 Å². The third-order valence-corrected chi connectivity index (χ3v) is 2.20. The summed E-state index contributed by atoms with van der Waals surface area (Å²) in [6.45, 7) is 2.79. The molecule has 1 rings (SSSR count). The summed E-state index contributed by atoms with van der Waals surface area (Å²) >= 11 is 0. The summed E-state index contributed by atoms with van der Waals surface area (Å²) in [5.41, 5.74) is 0.697. The lowest BCUT2D eigenvalue weighted by Gasteiger charge is -2.16. The smallest absolute Gasteiger partial charge is 0.321 e. The van der Waals surface area contributed by atoms with Crippen molar-refractivity contribution < 1.29 is 14.6 Å². The summed E-state index contributed by atoms with van der Waals surface area (Å²) in [6.07, 6.45) is 0. The van der Waals surface area contributed by atoms with Crippen molar-refractivity contribution in [1.29, 1.82) is 0 Å². The first-order chi connectivity index (χ1) is 8.17. The van der Waals surface area contributed by atoms with E-state index in [-0.39, 0.29) is 12.6 Å². The second kappa shape index (κ2) is 6.75. The average Bonchev–Trinajstić information content (AvgIpc) is 2.32. The summed E-state index contributed by atoms with van der Waals surface area (Å²) in [4.78, 5) is 13.0. The molecule has 0 unspecified atom stereocenters. The zero-order chi connectivity index (χ0) is 12.7. The van der Waals surface area contributed by atoms with Crippen molar-refractivity contribution in [3.63, 3.8) is 0 Å². The minimum atomic E-state index is -0.247. The van der Waals surface area contributed by atoms with E-state index in [0.717, 1.165) is 5.75 Å². The van der Waals surface area contributed by atoms with Crippen molar-refractivity contribution in [2.75, 3.05) is 32.1 Å². The van der Waals surface area contributed by atoms with Crippen LogP contribution in [-0.4, -0.2) is 42.8 Å². The van der Waals surface area contributed by atoms with Crippen molar-refractivity contribution in [1.82, 2.24) is 4.90 Å². The number of nitrogens with one attached hydrogen (secondary N) is 1. The first-order valence-electron chi connectivity index (χ1n) is 5.53. The van der Waals surface area contributed by atoms with Crippen LogP contribution in [0.1, 0.15) is 6.92 Å². The van der Waals surface area contributed by atoms with Crippen LogP contribution in [0, 0.1) is 0 Å². The molecule has 5 nitrogen and oxygen atoms in total. The summed E-state index contributed by atoms with van der Waals surface area (Å²) in [5.74, 6) is 0.772. The van der Waals surface area contributed by atoms with Crippen molar-refractivity contribution in [2.24, 2.45) is 0 Å². The Morgan fingerprint density at radius 3 is 2.59 bits per heavy atom. The molecule has 94 valence electrons. The average molecular weight is 238 g/mol. The lowest BCUT2D eigenvalue weighted by Crippen LogP contribution is -2.33. The van der Waals surface area contributed by atoms with Crippen LogP contribution in [0.2, 0.25) is 0 Å². The molecule has 0 saturated heterocycles. The summed E-state index contributed by atoms with van der Waals surface area (Å²) in [5, 5.41) is 11.4. The number of hydrogen-bond acceptors (Lipinski definition) is 3. The van der Waals surface area contributed by atoms with Crippen molar-refractivity contribution >= 4 is 11.7 Å². The maximum absolute atomic E-state index is 11.6. The molecule has 1 aromatic carbocycles. The summed E-state index contributed by atoms with van der Waals surface area (Å²) in [7, 11) is 1.63. The third-order valence-electron chi connectivity index (χ3n) is 2.20. The van der Waals surface area contributed by atoms with E-state index >= 15 is 0 Å². The number of carbonyl (C=O) groups excluding carboxylic acids is 1. The SMILES string of the molecule is CCOc1ccc(NC(=O)N(C)CCO)cc1. The fraction of sp³-hybridized carbons (Fsp3) is 0.417. The zero-order valence-corrected chi connectivity index (χ0v) is 10.1. The molecule has 0 saturated carbocycles. The molecule has 0 bridgehead atoms. The lowest BCUT2D eigenvalue weighted by atomic mass is 10.3. The first-order valence-corrected chi connectivity index (χ1v) is 5.53. The molecule has 0 radical (unpaired) electrons. The van der Waals surface area contributed by atoms with Gasteiger partial charge < -0.3 is 20.1 Å². The number of benzene rings is 1. The normalized spacial score (nSPS) is 9.82. The molecule has 2 N–H and O–H groups in total. The van der Waals surface area contributed by atoms with Gasteiger partial charge in [-0.05, 0) is 31.2 Å². The van der Waals surface area contributed by atoms with E-state index in [4.69, 9.17) is 9.84 Å². The van der Waals surface area contributed by atoms with Gasteiger partial charge in [-0.2, -0.15) is 0 Å². The minimum absolute atomic E-state index is 0.0484. The van der Waals surface area contributed by atoms with Gasteiger partial charge in [-0.3, -0.25) is 0 Å². The molecular weight excluding hydrogens is 220 g/mol. The van der Waals surface area contributed by atoms with Gasteiger partial charge in [-0.25, -0.2) is 4.79 Å². The van der Waals surface area contributed by atoms with Gasteiger partial charge in [0.15, 0.2) is 0 Å². The van der Waals surface area contributed by atoms with Gasteiger partial charge >= 0.3 is 6.03 Å². The lowest BCUT2D eigenvalue weighted by molar-refractivity contribution is 0.202. The summed E-state index contributed by atoms with van der Waals surface area (Å²) in [6, 6.07) is 6.89. The number of amides is 2. The molecule has 0 aliphatic rings. The van der Waals surface area contributed by atoms with Crippen LogP contribution in [0.5, 0.6) is 5.75 Å². The van der Waals surface area contributed by atoms with Gasteiger partial charge in [-0.1, -0.05) is 0 Å². The molecule has 2 amide bonds. The summed E-state index contributed by atoms with van der Waals surface area (Å²) < 4.78 is 5.30. The van der Waals surface area contributed by atoms with Crippen molar-refractivity contribution in [3.8, 4) is 5.75 Å². The minimum Gasteiger partial charge on any atom is -0.494 e. The van der Waals surface area contributed by atoms with Crippen molar-refractivity contribution in [3.05, 3.63) is 24.3 Å². The number of carbonyl (C=O) groups is 1. The Bertz CT molecular complexity index is 351. The van der Waals surface area contributed by atoms with E-state index in [2.05, 4.69) is 5.32 Å². The largest absolute Gasteiger partial charge is 0.494 e. The molecule has 0 aliphatic carbocycles.